The van der Waals surface area contributed by atoms with E-state index in [0.29, 0.717) is 48.4 Å². The molecule has 0 bridgehead atoms. The number of ketones is 1. The van der Waals surface area contributed by atoms with Gasteiger partial charge in [-0.1, -0.05) is 52.7 Å². The van der Waals surface area contributed by atoms with Crippen LogP contribution in [0.4, 0.5) is 0 Å². The molecule has 2 aromatic heterocycles. The number of amides is 2. The Bertz CT molecular complexity index is 2140. The molecule has 7 rings (SSSR count). The van der Waals surface area contributed by atoms with E-state index in [2.05, 4.69) is 24.6 Å². The van der Waals surface area contributed by atoms with Crippen molar-refractivity contribution in [3.8, 4) is 22.2 Å². The summed E-state index contributed by atoms with van der Waals surface area (Å²) in [6, 6.07) is 4.86. The van der Waals surface area contributed by atoms with Crippen LogP contribution in [0.3, 0.4) is 0 Å². The number of Topliss-reactive ketones (excluding diaryl/α,β-unsaturated/α-hetero) is 1. The fraction of sp³-hybridized carbons (Fsp3) is 0.595. The first kappa shape index (κ1) is 39.4. The number of nitrogens with zero attached hydrogens (tertiary/aromatic N) is 3. The minimum atomic E-state index is -3.91. The summed E-state index contributed by atoms with van der Waals surface area (Å²) in [5.41, 5.74) is 2.01. The minimum Gasteiger partial charge on any atom is -0.496 e. The van der Waals surface area contributed by atoms with Gasteiger partial charge in [-0.3, -0.25) is 19.1 Å². The first-order chi connectivity index (χ1) is 26.1. The maximum atomic E-state index is 14.7. The predicted molar refractivity (Wildman–Crippen MR) is 214 cm³/mol. The molecule has 1 saturated heterocycles. The van der Waals surface area contributed by atoms with Gasteiger partial charge in [0.2, 0.25) is 21.8 Å². The van der Waals surface area contributed by atoms with Crippen LogP contribution in [-0.2, 0) is 24.4 Å². The Morgan fingerprint density at radius 1 is 1.09 bits per heavy atom. The van der Waals surface area contributed by atoms with E-state index in [4.69, 9.17) is 19.4 Å². The van der Waals surface area contributed by atoms with Gasteiger partial charge in [-0.05, 0) is 76.3 Å². The highest BCUT2D eigenvalue weighted by atomic mass is 32.2. The molecule has 4 heterocycles. The maximum absolute atomic E-state index is 14.7. The molecule has 1 aromatic carbocycles. The van der Waals surface area contributed by atoms with Gasteiger partial charge in [0.1, 0.15) is 28.3 Å². The van der Waals surface area contributed by atoms with E-state index < -0.39 is 44.2 Å². The van der Waals surface area contributed by atoms with Crippen LogP contribution in [-0.4, -0.2) is 71.4 Å². The largest absolute Gasteiger partial charge is 0.496 e. The van der Waals surface area contributed by atoms with Crippen molar-refractivity contribution < 1.29 is 32.3 Å². The number of benzene rings is 1. The summed E-state index contributed by atoms with van der Waals surface area (Å²) < 4.78 is 40.4. The number of methoxy groups -OCH3 is 1. The summed E-state index contributed by atoms with van der Waals surface area (Å²) in [5, 5.41) is 3.58. The van der Waals surface area contributed by atoms with Crippen molar-refractivity contribution in [1.29, 1.82) is 0 Å². The number of aryl methyl sites for hydroxylation is 1. The van der Waals surface area contributed by atoms with E-state index in [-0.39, 0.29) is 42.4 Å². The van der Waals surface area contributed by atoms with Crippen LogP contribution in [0.1, 0.15) is 110 Å². The standard InChI is InChI=1S/C42H54N4O7S2/c1-24(2)31-23-54-38(44-31)30-19-34(29-15-16-33(52-7)26(4)36(29)43-30)53-35-22-46-37(27(35)5)32(47)21-42(40(49)45-55(50,51)41(6)17-18-41)20-28(42)14-12-10-8-9-11-13-25(3)39(46)48/h12,14-16,19,23-25,27-28,35,37H,8-11,13,17-18,20-22H2,1-7H3,(H,45,49)/b14-12-/t25-,27+,28+,35-,37-,42+/m0/s1. The minimum absolute atomic E-state index is 0.107. The van der Waals surface area contributed by atoms with Crippen molar-refractivity contribution in [3.05, 3.63) is 47.0 Å². The lowest BCUT2D eigenvalue weighted by molar-refractivity contribution is -0.142. The number of rotatable bonds is 8. The van der Waals surface area contributed by atoms with Gasteiger partial charge in [-0.2, -0.15) is 0 Å². The highest BCUT2D eigenvalue weighted by molar-refractivity contribution is 7.91. The molecular formula is C42H54N4O7S2. The van der Waals surface area contributed by atoms with Crippen LogP contribution in [0, 0.1) is 30.1 Å². The van der Waals surface area contributed by atoms with Gasteiger partial charge >= 0.3 is 0 Å². The number of fused-ring (bicyclic) bond motifs is 3. The molecule has 2 saturated carbocycles. The SMILES string of the molecule is COc1ccc2c(O[C@H]3CN4C(=O)[C@@H](C)CCCCC/C=C\[C@@H]5C[C@@]5(C(=O)NS(=O)(=O)C5(C)CC5)CC(=O)[C@@H]4[C@@H]3C)cc(-c3nc(C(C)C)cs3)nc2c1C. The van der Waals surface area contributed by atoms with Crippen molar-refractivity contribution in [1.82, 2.24) is 19.6 Å². The Kier molecular flexibility index (Phi) is 10.7. The first-order valence-electron chi connectivity index (χ1n) is 19.8. The molecule has 0 spiro atoms. The zero-order chi connectivity index (χ0) is 39.4. The van der Waals surface area contributed by atoms with Crippen molar-refractivity contribution in [3.63, 3.8) is 0 Å². The van der Waals surface area contributed by atoms with Crippen LogP contribution >= 0.6 is 11.3 Å². The third kappa shape index (κ3) is 7.43. The van der Waals surface area contributed by atoms with Crippen LogP contribution < -0.4 is 14.2 Å². The monoisotopic (exact) mass is 790 g/mol. The summed E-state index contributed by atoms with van der Waals surface area (Å²) in [5.74, 6) is -0.461. The topological polar surface area (TPSA) is 145 Å². The lowest BCUT2D eigenvalue weighted by atomic mass is 9.87. The van der Waals surface area contributed by atoms with Gasteiger partial charge in [-0.15, -0.1) is 11.3 Å². The molecule has 296 valence electrons. The molecule has 6 atom stereocenters. The van der Waals surface area contributed by atoms with Crippen molar-refractivity contribution >= 4 is 49.9 Å². The summed E-state index contributed by atoms with van der Waals surface area (Å²) in [6.07, 6.45) is 9.01. The molecular weight excluding hydrogens is 737 g/mol. The third-order valence-electron chi connectivity index (χ3n) is 12.6. The Balaban J connectivity index is 1.24. The Morgan fingerprint density at radius 3 is 2.55 bits per heavy atom. The molecule has 0 radical (unpaired) electrons. The average Bonchev–Trinajstić information content (AvgIpc) is 3.95. The maximum Gasteiger partial charge on any atom is 0.240 e. The predicted octanol–water partition coefficient (Wildman–Crippen LogP) is 7.51. The molecule has 55 heavy (non-hydrogen) atoms. The van der Waals surface area contributed by atoms with E-state index in [0.717, 1.165) is 47.3 Å². The van der Waals surface area contributed by atoms with E-state index >= 15 is 0 Å². The number of pyridine rings is 1. The molecule has 2 amide bonds. The molecule has 3 aromatic rings. The number of allylic oxidation sites excluding steroid dienone is 2. The fourth-order valence-electron chi connectivity index (χ4n) is 8.33. The van der Waals surface area contributed by atoms with Gasteiger partial charge in [0, 0.05) is 40.7 Å². The van der Waals surface area contributed by atoms with E-state index in [9.17, 15) is 22.8 Å². The Morgan fingerprint density at radius 2 is 1.85 bits per heavy atom. The second kappa shape index (κ2) is 14.9. The second-order valence-corrected chi connectivity index (χ2v) is 20.0. The van der Waals surface area contributed by atoms with Crippen molar-refractivity contribution in [2.45, 2.75) is 122 Å². The Hall–Kier alpha value is -3.84. The van der Waals surface area contributed by atoms with Gasteiger partial charge in [0.25, 0.3) is 0 Å². The lowest BCUT2D eigenvalue weighted by Crippen LogP contribution is -2.48. The van der Waals surface area contributed by atoms with Gasteiger partial charge in [0.15, 0.2) is 5.78 Å². The van der Waals surface area contributed by atoms with E-state index in [1.54, 1.807) is 18.9 Å². The Labute approximate surface area is 328 Å². The summed E-state index contributed by atoms with van der Waals surface area (Å²) >= 11 is 1.52. The summed E-state index contributed by atoms with van der Waals surface area (Å²) in [6.45, 7) is 11.9. The number of carbonyl (C=O) groups is 3. The smallest absolute Gasteiger partial charge is 0.240 e. The van der Waals surface area contributed by atoms with Crippen molar-refractivity contribution in [2.24, 2.45) is 23.2 Å². The number of carbonyl (C=O) groups excluding carboxylic acids is 3. The molecule has 1 N–H and O–H groups in total. The quantitative estimate of drug-likeness (QED) is 0.229. The average molecular weight is 791 g/mol. The molecule has 2 aliphatic heterocycles. The van der Waals surface area contributed by atoms with Gasteiger partial charge in [-0.25, -0.2) is 18.4 Å². The van der Waals surface area contributed by atoms with E-state index in [1.165, 1.54) is 11.3 Å². The van der Waals surface area contributed by atoms with Crippen LogP contribution in [0.2, 0.25) is 0 Å². The van der Waals surface area contributed by atoms with E-state index in [1.807, 2.05) is 50.4 Å². The lowest BCUT2D eigenvalue weighted by Gasteiger charge is -2.29. The van der Waals surface area contributed by atoms with Crippen LogP contribution in [0.5, 0.6) is 11.5 Å². The fourth-order valence-corrected chi connectivity index (χ4v) is 10.6. The van der Waals surface area contributed by atoms with Crippen molar-refractivity contribution in [2.75, 3.05) is 13.7 Å². The molecule has 3 fully saturated rings. The first-order valence-corrected chi connectivity index (χ1v) is 22.1. The highest BCUT2D eigenvalue weighted by Crippen LogP contribution is 2.58. The number of aromatic nitrogens is 2. The van der Waals surface area contributed by atoms with Gasteiger partial charge < -0.3 is 14.4 Å². The summed E-state index contributed by atoms with van der Waals surface area (Å²) in [4.78, 5) is 54.6. The number of hydrogen-bond acceptors (Lipinski definition) is 10. The third-order valence-corrected chi connectivity index (χ3v) is 15.6. The van der Waals surface area contributed by atoms with Gasteiger partial charge in [0.05, 0.1) is 41.1 Å². The highest BCUT2D eigenvalue weighted by Gasteiger charge is 2.63. The normalized spacial score (nSPS) is 28.9. The number of thiazole rings is 1. The number of ether oxygens (including phenoxy) is 2. The molecule has 2 aliphatic carbocycles. The molecule has 4 aliphatic rings. The number of hydrogen-bond donors (Lipinski definition) is 1. The molecule has 13 heteroatoms. The number of nitrogens with one attached hydrogen (secondary N) is 1. The second-order valence-electron chi connectivity index (χ2n) is 16.9. The summed E-state index contributed by atoms with van der Waals surface area (Å²) in [7, 11) is -2.28. The molecule has 0 unspecified atom stereocenters. The zero-order valence-electron chi connectivity index (χ0n) is 33.0. The molecule has 11 nitrogen and oxygen atoms in total. The van der Waals surface area contributed by atoms with Crippen LogP contribution in [0.15, 0.2) is 35.7 Å². The number of sulfonamides is 1. The zero-order valence-corrected chi connectivity index (χ0v) is 34.6. The van der Waals surface area contributed by atoms with Crippen LogP contribution in [0.25, 0.3) is 21.6 Å².